The van der Waals surface area contributed by atoms with Gasteiger partial charge in [0.15, 0.2) is 6.61 Å². The molecule has 6 nitrogen and oxygen atoms in total. The topological polar surface area (TPSA) is 93.5 Å². The third kappa shape index (κ3) is 2.87. The molecule has 0 bridgehead atoms. The highest BCUT2D eigenvalue weighted by Gasteiger charge is 2.15. The summed E-state index contributed by atoms with van der Waals surface area (Å²) in [7, 11) is 0. The third-order valence-electron chi connectivity index (χ3n) is 2.39. The zero-order valence-electron chi connectivity index (χ0n) is 9.16. The number of primary amides is 1. The van der Waals surface area contributed by atoms with E-state index in [2.05, 4.69) is 10.6 Å². The lowest BCUT2D eigenvalue weighted by atomic mass is 10.1. The summed E-state index contributed by atoms with van der Waals surface area (Å²) in [5.74, 6) is 0.501. The summed E-state index contributed by atoms with van der Waals surface area (Å²) in [6, 6.07) is 4.97. The standard InChI is InChI=1S/C11H13N3O3/c12-11(16)13-4-3-7-1-2-9-8(5-7)14-10(15)6-17-9/h1-2,5H,3-4,6H2,(H,14,15)(H3,12,13,16). The van der Waals surface area contributed by atoms with Crippen LogP contribution in [0.3, 0.4) is 0 Å². The van der Waals surface area contributed by atoms with E-state index in [1.165, 1.54) is 0 Å². The fourth-order valence-electron chi connectivity index (χ4n) is 1.62. The van der Waals surface area contributed by atoms with Crippen molar-refractivity contribution in [1.29, 1.82) is 0 Å². The molecule has 4 N–H and O–H groups in total. The molecule has 0 unspecified atom stereocenters. The Hall–Kier alpha value is -2.24. The molecule has 1 aliphatic rings. The first-order chi connectivity index (χ1) is 8.15. The SMILES string of the molecule is NC(=O)NCCc1ccc2c(c1)NC(=O)CO2. The number of rotatable bonds is 3. The minimum absolute atomic E-state index is 0.0512. The Morgan fingerprint density at radius 3 is 3.12 bits per heavy atom. The number of nitrogens with one attached hydrogen (secondary N) is 2. The lowest BCUT2D eigenvalue weighted by Gasteiger charge is -2.18. The zero-order valence-corrected chi connectivity index (χ0v) is 9.16. The normalized spacial score (nSPS) is 13.3. The van der Waals surface area contributed by atoms with Crippen LogP contribution in [0.15, 0.2) is 18.2 Å². The molecule has 0 atom stereocenters. The number of carbonyl (C=O) groups is 2. The number of anilines is 1. The highest BCUT2D eigenvalue weighted by molar-refractivity contribution is 5.95. The van der Waals surface area contributed by atoms with Crippen molar-refractivity contribution < 1.29 is 14.3 Å². The summed E-state index contributed by atoms with van der Waals surface area (Å²) in [6.07, 6.45) is 0.645. The summed E-state index contributed by atoms with van der Waals surface area (Å²) in [5.41, 5.74) is 6.61. The van der Waals surface area contributed by atoms with E-state index in [-0.39, 0.29) is 12.5 Å². The maximum atomic E-state index is 11.1. The fourth-order valence-corrected chi connectivity index (χ4v) is 1.62. The molecule has 17 heavy (non-hydrogen) atoms. The molecule has 0 aliphatic carbocycles. The predicted octanol–water partition coefficient (Wildman–Crippen LogP) is 0.228. The maximum Gasteiger partial charge on any atom is 0.312 e. The maximum absolute atomic E-state index is 11.1. The van der Waals surface area contributed by atoms with Crippen molar-refractivity contribution in [2.45, 2.75) is 6.42 Å². The first-order valence-electron chi connectivity index (χ1n) is 5.24. The number of ether oxygens (including phenoxy) is 1. The Kier molecular flexibility index (Phi) is 3.13. The van der Waals surface area contributed by atoms with Crippen molar-refractivity contribution in [2.24, 2.45) is 5.73 Å². The molecule has 3 amide bonds. The second-order valence-corrected chi connectivity index (χ2v) is 3.71. The van der Waals surface area contributed by atoms with Gasteiger partial charge in [0, 0.05) is 6.54 Å². The summed E-state index contributed by atoms with van der Waals surface area (Å²) >= 11 is 0. The van der Waals surface area contributed by atoms with Gasteiger partial charge in [0.05, 0.1) is 5.69 Å². The zero-order chi connectivity index (χ0) is 12.3. The quantitative estimate of drug-likeness (QED) is 0.700. The molecular weight excluding hydrogens is 222 g/mol. The molecule has 0 fully saturated rings. The van der Waals surface area contributed by atoms with Gasteiger partial charge >= 0.3 is 6.03 Å². The Morgan fingerprint density at radius 1 is 1.53 bits per heavy atom. The van der Waals surface area contributed by atoms with Crippen LogP contribution in [0.25, 0.3) is 0 Å². The van der Waals surface area contributed by atoms with Crippen molar-refractivity contribution in [3.05, 3.63) is 23.8 Å². The molecule has 6 heteroatoms. The number of hydrogen-bond donors (Lipinski definition) is 3. The smallest absolute Gasteiger partial charge is 0.312 e. The van der Waals surface area contributed by atoms with Crippen molar-refractivity contribution in [3.8, 4) is 5.75 Å². The summed E-state index contributed by atoms with van der Waals surface area (Å²) in [4.78, 5) is 21.6. The molecule has 1 aromatic carbocycles. The molecule has 0 radical (unpaired) electrons. The van der Waals surface area contributed by atoms with Crippen molar-refractivity contribution in [1.82, 2.24) is 5.32 Å². The number of carbonyl (C=O) groups excluding carboxylic acids is 2. The van der Waals surface area contributed by atoms with Gasteiger partial charge in [-0.1, -0.05) is 6.07 Å². The average molecular weight is 235 g/mol. The van der Waals surface area contributed by atoms with Crippen LogP contribution in [0, 0.1) is 0 Å². The lowest BCUT2D eigenvalue weighted by Crippen LogP contribution is -2.31. The molecular formula is C11H13N3O3. The molecule has 1 heterocycles. The van der Waals surface area contributed by atoms with Gasteiger partial charge in [0.25, 0.3) is 5.91 Å². The monoisotopic (exact) mass is 235 g/mol. The summed E-state index contributed by atoms with van der Waals surface area (Å²) in [6.45, 7) is 0.512. The Balaban J connectivity index is 2.02. The average Bonchev–Trinajstić information content (AvgIpc) is 2.28. The van der Waals surface area contributed by atoms with Crippen LogP contribution in [0.1, 0.15) is 5.56 Å². The summed E-state index contributed by atoms with van der Waals surface area (Å²) < 4.78 is 5.23. The largest absolute Gasteiger partial charge is 0.482 e. The number of hydrogen-bond acceptors (Lipinski definition) is 3. The first kappa shape index (κ1) is 11.3. The van der Waals surface area contributed by atoms with Crippen LogP contribution in [0.2, 0.25) is 0 Å². The number of urea groups is 1. The van der Waals surface area contributed by atoms with Crippen LogP contribution in [0.4, 0.5) is 10.5 Å². The van der Waals surface area contributed by atoms with Crippen LogP contribution >= 0.6 is 0 Å². The minimum atomic E-state index is -0.542. The van der Waals surface area contributed by atoms with Gasteiger partial charge in [0.2, 0.25) is 0 Å². The number of amides is 3. The van der Waals surface area contributed by atoms with Crippen molar-refractivity contribution in [2.75, 3.05) is 18.5 Å². The Labute approximate surface area is 98.1 Å². The predicted molar refractivity (Wildman–Crippen MR) is 61.9 cm³/mol. The second-order valence-electron chi connectivity index (χ2n) is 3.71. The molecule has 1 aromatic rings. The van der Waals surface area contributed by atoms with E-state index in [1.807, 2.05) is 12.1 Å². The van der Waals surface area contributed by atoms with E-state index in [0.29, 0.717) is 24.4 Å². The van der Waals surface area contributed by atoms with Crippen LogP contribution in [-0.4, -0.2) is 25.1 Å². The van der Waals surface area contributed by atoms with Gasteiger partial charge in [-0.05, 0) is 24.1 Å². The van der Waals surface area contributed by atoms with Gasteiger partial charge in [0.1, 0.15) is 5.75 Å². The number of nitrogens with two attached hydrogens (primary N) is 1. The van der Waals surface area contributed by atoms with E-state index in [1.54, 1.807) is 6.07 Å². The molecule has 2 rings (SSSR count). The molecule has 0 saturated heterocycles. The molecule has 90 valence electrons. The minimum Gasteiger partial charge on any atom is -0.482 e. The highest BCUT2D eigenvalue weighted by atomic mass is 16.5. The molecule has 0 aromatic heterocycles. The Morgan fingerprint density at radius 2 is 2.35 bits per heavy atom. The lowest BCUT2D eigenvalue weighted by molar-refractivity contribution is -0.118. The van der Waals surface area contributed by atoms with Crippen molar-refractivity contribution >= 4 is 17.6 Å². The van der Waals surface area contributed by atoms with Gasteiger partial charge in [-0.3, -0.25) is 4.79 Å². The number of fused-ring (bicyclic) bond motifs is 1. The third-order valence-corrected chi connectivity index (χ3v) is 2.39. The Bertz CT molecular complexity index is 459. The van der Waals surface area contributed by atoms with E-state index >= 15 is 0 Å². The van der Waals surface area contributed by atoms with E-state index in [0.717, 1.165) is 5.56 Å². The van der Waals surface area contributed by atoms with E-state index in [4.69, 9.17) is 10.5 Å². The second kappa shape index (κ2) is 4.73. The van der Waals surface area contributed by atoms with Gasteiger partial charge in [-0.15, -0.1) is 0 Å². The van der Waals surface area contributed by atoms with Crippen molar-refractivity contribution in [3.63, 3.8) is 0 Å². The number of benzene rings is 1. The molecule has 1 aliphatic heterocycles. The molecule has 0 spiro atoms. The summed E-state index contributed by atoms with van der Waals surface area (Å²) in [5, 5.41) is 5.23. The first-order valence-corrected chi connectivity index (χ1v) is 5.24. The van der Waals surface area contributed by atoms with Crippen LogP contribution in [-0.2, 0) is 11.2 Å². The van der Waals surface area contributed by atoms with Gasteiger partial charge in [-0.2, -0.15) is 0 Å². The molecule has 0 saturated carbocycles. The van der Waals surface area contributed by atoms with E-state index < -0.39 is 6.03 Å². The van der Waals surface area contributed by atoms with Gasteiger partial charge < -0.3 is 21.1 Å². The fraction of sp³-hybridized carbons (Fsp3) is 0.273. The van der Waals surface area contributed by atoms with E-state index in [9.17, 15) is 9.59 Å². The van der Waals surface area contributed by atoms with Crippen LogP contribution < -0.4 is 21.1 Å². The van der Waals surface area contributed by atoms with Gasteiger partial charge in [-0.25, -0.2) is 4.79 Å². The highest BCUT2D eigenvalue weighted by Crippen LogP contribution is 2.28. The van der Waals surface area contributed by atoms with Crippen LogP contribution in [0.5, 0.6) is 5.75 Å².